The Balaban J connectivity index is 2.60. The van der Waals surface area contributed by atoms with Crippen molar-refractivity contribution in [3.8, 4) is 0 Å². The summed E-state index contributed by atoms with van der Waals surface area (Å²) in [6.07, 6.45) is -0.748. The molecule has 2 atom stereocenters. The molecular weight excluding hydrogens is 290 g/mol. The van der Waals surface area contributed by atoms with Crippen molar-refractivity contribution in [1.82, 2.24) is 0 Å². The summed E-state index contributed by atoms with van der Waals surface area (Å²) in [6, 6.07) is 2.45. The van der Waals surface area contributed by atoms with E-state index < -0.39 is 34.9 Å². The maximum Gasteiger partial charge on any atom is 0.309 e. The van der Waals surface area contributed by atoms with E-state index in [1.807, 2.05) is 0 Å². The summed E-state index contributed by atoms with van der Waals surface area (Å²) in [5.74, 6) is -3.36. The molecule has 0 spiro atoms. The van der Waals surface area contributed by atoms with Gasteiger partial charge in [0.1, 0.15) is 11.4 Å². The maximum absolute atomic E-state index is 10.9. The minimum Gasteiger partial charge on any atom is -0.481 e. The van der Waals surface area contributed by atoms with Gasteiger partial charge in [0.2, 0.25) is 5.79 Å². The molecule has 0 saturated carbocycles. The smallest absolute Gasteiger partial charge is 0.309 e. The number of nitro groups is 1. The van der Waals surface area contributed by atoms with E-state index in [-0.39, 0.29) is 10.6 Å². The van der Waals surface area contributed by atoms with Crippen LogP contribution in [0.4, 0.5) is 5.69 Å². The number of rotatable bonds is 3. The van der Waals surface area contributed by atoms with E-state index >= 15 is 0 Å². The highest BCUT2D eigenvalue weighted by Crippen LogP contribution is 2.40. The van der Waals surface area contributed by atoms with Gasteiger partial charge in [-0.05, 0) is 25.0 Å². The van der Waals surface area contributed by atoms with Gasteiger partial charge in [-0.3, -0.25) is 14.9 Å². The number of nitrogens with zero attached hydrogens (tertiary/aromatic N) is 1. The fourth-order valence-corrected chi connectivity index (χ4v) is 2.62. The molecule has 0 fully saturated rings. The van der Waals surface area contributed by atoms with Crippen molar-refractivity contribution in [3.63, 3.8) is 0 Å². The number of benzene rings is 1. The van der Waals surface area contributed by atoms with Crippen molar-refractivity contribution in [2.75, 3.05) is 0 Å². The lowest BCUT2D eigenvalue weighted by molar-refractivity contribution is -0.385. The lowest BCUT2D eigenvalue weighted by Gasteiger charge is -2.36. The number of ether oxygens (including phenoxy) is 1. The molecule has 108 valence electrons. The van der Waals surface area contributed by atoms with Crippen LogP contribution in [0.1, 0.15) is 24.5 Å². The molecule has 1 aliphatic rings. The standard InChI is InChI=1S/C12H12ClNO6/c1-6-2-7-3-9(13)10(14(18)19)4-8(7)12(17,20-6)5-11(15)16/h3-4,6,17H,2,5H2,1H3,(H,15,16)/t6-,12?/m1/s1. The first kappa shape index (κ1) is 14.7. The molecule has 0 radical (unpaired) electrons. The van der Waals surface area contributed by atoms with Gasteiger partial charge in [-0.15, -0.1) is 0 Å². The summed E-state index contributed by atoms with van der Waals surface area (Å²) in [6.45, 7) is 1.67. The Kier molecular flexibility index (Phi) is 3.68. The SMILES string of the molecule is C[C@@H]1Cc2cc(Cl)c([N+](=O)[O-])cc2C(O)(CC(=O)O)O1. The fourth-order valence-electron chi connectivity index (χ4n) is 2.37. The number of carbonyl (C=O) groups is 1. The van der Waals surface area contributed by atoms with Crippen LogP contribution in [0, 0.1) is 10.1 Å². The quantitative estimate of drug-likeness (QED) is 0.651. The third kappa shape index (κ3) is 2.60. The lowest BCUT2D eigenvalue weighted by Crippen LogP contribution is -2.41. The molecule has 0 aliphatic carbocycles. The molecule has 2 rings (SSSR count). The molecule has 0 saturated heterocycles. The van der Waals surface area contributed by atoms with Crippen molar-refractivity contribution in [2.24, 2.45) is 0 Å². The van der Waals surface area contributed by atoms with Crippen LogP contribution >= 0.6 is 11.6 Å². The highest BCUT2D eigenvalue weighted by Gasteiger charge is 2.42. The van der Waals surface area contributed by atoms with E-state index in [0.29, 0.717) is 12.0 Å². The molecule has 0 bridgehead atoms. The van der Waals surface area contributed by atoms with Crippen LogP contribution < -0.4 is 0 Å². The van der Waals surface area contributed by atoms with Crippen LogP contribution in [0.3, 0.4) is 0 Å². The topological polar surface area (TPSA) is 110 Å². The second kappa shape index (κ2) is 5.01. The van der Waals surface area contributed by atoms with Crippen molar-refractivity contribution in [3.05, 3.63) is 38.4 Å². The second-order valence-electron chi connectivity index (χ2n) is 4.71. The van der Waals surface area contributed by atoms with Crippen LogP contribution in [0.2, 0.25) is 5.02 Å². The van der Waals surface area contributed by atoms with Gasteiger partial charge in [0, 0.05) is 11.6 Å². The third-order valence-corrected chi connectivity index (χ3v) is 3.39. The number of hydrogen-bond acceptors (Lipinski definition) is 5. The summed E-state index contributed by atoms with van der Waals surface area (Å²) in [7, 11) is 0. The number of carboxylic acid groups (broad SMARTS) is 1. The Morgan fingerprint density at radius 3 is 2.85 bits per heavy atom. The Morgan fingerprint density at radius 1 is 1.65 bits per heavy atom. The Morgan fingerprint density at radius 2 is 2.30 bits per heavy atom. The van der Waals surface area contributed by atoms with Gasteiger partial charge in [-0.1, -0.05) is 11.6 Å². The van der Waals surface area contributed by atoms with Gasteiger partial charge >= 0.3 is 5.97 Å². The Labute approximate surface area is 118 Å². The maximum atomic E-state index is 10.9. The van der Waals surface area contributed by atoms with Crippen molar-refractivity contribution < 1.29 is 24.7 Å². The molecule has 2 N–H and O–H groups in total. The minimum absolute atomic E-state index is 0.0551. The largest absolute Gasteiger partial charge is 0.481 e. The van der Waals surface area contributed by atoms with Gasteiger partial charge in [0.25, 0.3) is 5.69 Å². The van der Waals surface area contributed by atoms with Gasteiger partial charge in [-0.25, -0.2) is 0 Å². The molecule has 1 unspecified atom stereocenters. The molecule has 1 aromatic rings. The first-order valence-corrected chi connectivity index (χ1v) is 6.20. The molecular formula is C12H12ClNO6. The number of halogens is 1. The van der Waals surface area contributed by atoms with Crippen molar-refractivity contribution in [1.29, 1.82) is 0 Å². The van der Waals surface area contributed by atoms with Crippen LogP contribution in [0.5, 0.6) is 0 Å². The summed E-state index contributed by atoms with van der Waals surface area (Å²) in [5, 5.41) is 30.1. The van der Waals surface area contributed by atoms with E-state index in [2.05, 4.69) is 0 Å². The fraction of sp³-hybridized carbons (Fsp3) is 0.417. The van der Waals surface area contributed by atoms with Gasteiger partial charge < -0.3 is 14.9 Å². The van der Waals surface area contributed by atoms with E-state index in [4.69, 9.17) is 21.4 Å². The molecule has 1 aromatic carbocycles. The Bertz CT molecular complexity index is 590. The summed E-state index contributed by atoms with van der Waals surface area (Å²) >= 11 is 5.82. The number of hydrogen-bond donors (Lipinski definition) is 2. The van der Waals surface area contributed by atoms with Crippen LogP contribution in [-0.4, -0.2) is 27.2 Å². The highest BCUT2D eigenvalue weighted by atomic mass is 35.5. The molecule has 0 amide bonds. The molecule has 1 heterocycles. The first-order valence-electron chi connectivity index (χ1n) is 5.82. The lowest BCUT2D eigenvalue weighted by atomic mass is 9.90. The summed E-state index contributed by atoms with van der Waals surface area (Å²) in [4.78, 5) is 21.1. The number of nitro benzene ring substituents is 1. The van der Waals surface area contributed by atoms with E-state index in [9.17, 15) is 20.0 Å². The first-order chi connectivity index (χ1) is 9.23. The van der Waals surface area contributed by atoms with Crippen LogP contribution in [-0.2, 0) is 21.7 Å². The molecule has 8 heteroatoms. The predicted octanol–water partition coefficient (Wildman–Crippen LogP) is 1.83. The van der Waals surface area contributed by atoms with Crippen LogP contribution in [0.25, 0.3) is 0 Å². The normalized spacial score (nSPS) is 25.1. The predicted molar refractivity (Wildman–Crippen MR) is 68.5 cm³/mol. The third-order valence-electron chi connectivity index (χ3n) is 3.08. The van der Waals surface area contributed by atoms with Crippen LogP contribution in [0.15, 0.2) is 12.1 Å². The monoisotopic (exact) mass is 301 g/mol. The average molecular weight is 302 g/mol. The van der Waals surface area contributed by atoms with Gasteiger partial charge in [0.05, 0.1) is 11.0 Å². The summed E-state index contributed by atoms with van der Waals surface area (Å²) < 4.78 is 5.29. The zero-order chi connectivity index (χ0) is 15.1. The molecule has 1 aliphatic heterocycles. The highest BCUT2D eigenvalue weighted by molar-refractivity contribution is 6.32. The van der Waals surface area contributed by atoms with E-state index in [0.717, 1.165) is 6.07 Å². The zero-order valence-electron chi connectivity index (χ0n) is 10.5. The minimum atomic E-state index is -2.09. The molecule has 0 aromatic heterocycles. The molecule has 20 heavy (non-hydrogen) atoms. The number of aliphatic hydroxyl groups is 1. The number of carboxylic acids is 1. The number of aliphatic carboxylic acids is 1. The van der Waals surface area contributed by atoms with E-state index in [1.165, 1.54) is 6.07 Å². The number of fused-ring (bicyclic) bond motifs is 1. The van der Waals surface area contributed by atoms with Crippen molar-refractivity contribution in [2.45, 2.75) is 31.7 Å². The Hall–Kier alpha value is -1.70. The van der Waals surface area contributed by atoms with E-state index in [1.54, 1.807) is 6.92 Å². The average Bonchev–Trinajstić information content (AvgIpc) is 2.25. The molecule has 7 nitrogen and oxygen atoms in total. The van der Waals surface area contributed by atoms with Gasteiger partial charge in [0.15, 0.2) is 0 Å². The van der Waals surface area contributed by atoms with Gasteiger partial charge in [-0.2, -0.15) is 0 Å². The zero-order valence-corrected chi connectivity index (χ0v) is 11.3. The second-order valence-corrected chi connectivity index (χ2v) is 5.11. The summed E-state index contributed by atoms with van der Waals surface area (Å²) in [5.41, 5.74) is 0.226. The van der Waals surface area contributed by atoms with Crippen molar-refractivity contribution >= 4 is 23.3 Å².